The summed E-state index contributed by atoms with van der Waals surface area (Å²) in [6, 6.07) is 9.89. The van der Waals surface area contributed by atoms with Crippen LogP contribution < -0.4 is 4.74 Å². The predicted molar refractivity (Wildman–Crippen MR) is 70.8 cm³/mol. The van der Waals surface area contributed by atoms with Gasteiger partial charge in [-0.25, -0.2) is 4.68 Å². The van der Waals surface area contributed by atoms with Gasteiger partial charge in [0.15, 0.2) is 11.9 Å². The molecule has 2 aromatic rings. The van der Waals surface area contributed by atoms with Gasteiger partial charge in [0, 0.05) is 13.0 Å². The van der Waals surface area contributed by atoms with Gasteiger partial charge in [-0.3, -0.25) is 4.79 Å². The van der Waals surface area contributed by atoms with Crippen molar-refractivity contribution in [3.8, 4) is 11.7 Å². The first-order valence-corrected chi connectivity index (χ1v) is 6.56. The molecule has 1 fully saturated rings. The van der Waals surface area contributed by atoms with Crippen molar-refractivity contribution < 1.29 is 14.3 Å². The van der Waals surface area contributed by atoms with E-state index in [4.69, 9.17) is 9.47 Å². The first-order chi connectivity index (χ1) is 9.78. The fourth-order valence-electron chi connectivity index (χ4n) is 2.09. The van der Waals surface area contributed by atoms with Gasteiger partial charge in [0.1, 0.15) is 12.4 Å². The van der Waals surface area contributed by atoms with Crippen LogP contribution in [0.1, 0.15) is 13.3 Å². The number of benzene rings is 1. The Hall–Kier alpha value is -2.21. The average Bonchev–Trinajstić information content (AvgIpc) is 2.94. The summed E-state index contributed by atoms with van der Waals surface area (Å²) in [5.41, 5.74) is 0.904. The number of aromatic nitrogens is 3. The van der Waals surface area contributed by atoms with Crippen molar-refractivity contribution in [2.24, 2.45) is 0 Å². The molecule has 1 aliphatic rings. The second kappa shape index (κ2) is 5.42. The van der Waals surface area contributed by atoms with Crippen LogP contribution >= 0.6 is 0 Å². The number of rotatable bonds is 5. The average molecular weight is 273 g/mol. The van der Waals surface area contributed by atoms with Crippen molar-refractivity contribution in [1.29, 1.82) is 0 Å². The third kappa shape index (κ3) is 2.42. The Morgan fingerprint density at radius 3 is 2.85 bits per heavy atom. The fraction of sp³-hybridized carbons (Fsp3) is 0.357. The zero-order valence-corrected chi connectivity index (χ0v) is 11.1. The van der Waals surface area contributed by atoms with E-state index in [1.165, 1.54) is 0 Å². The molecule has 6 heteroatoms. The van der Waals surface area contributed by atoms with Gasteiger partial charge in [-0.05, 0) is 19.1 Å². The maximum atomic E-state index is 11.4. The molecular weight excluding hydrogens is 258 g/mol. The normalized spacial score (nSPS) is 21.6. The first kappa shape index (κ1) is 12.8. The van der Waals surface area contributed by atoms with Crippen LogP contribution in [0.3, 0.4) is 0 Å². The third-order valence-electron chi connectivity index (χ3n) is 3.15. The lowest BCUT2D eigenvalue weighted by atomic mass is 9.90. The minimum Gasteiger partial charge on any atom is -0.455 e. The molecule has 6 nitrogen and oxygen atoms in total. The highest BCUT2D eigenvalue weighted by molar-refractivity contribution is 5.90. The third-order valence-corrected chi connectivity index (χ3v) is 3.15. The predicted octanol–water partition coefficient (Wildman–Crippen LogP) is 1.39. The van der Waals surface area contributed by atoms with Crippen molar-refractivity contribution >= 4 is 5.78 Å². The largest absolute Gasteiger partial charge is 0.455 e. The van der Waals surface area contributed by atoms with E-state index in [2.05, 4.69) is 10.1 Å². The van der Waals surface area contributed by atoms with Gasteiger partial charge in [0.2, 0.25) is 0 Å². The van der Waals surface area contributed by atoms with Crippen molar-refractivity contribution in [3.63, 3.8) is 0 Å². The number of ketones is 1. The fourth-order valence-corrected chi connectivity index (χ4v) is 2.09. The quantitative estimate of drug-likeness (QED) is 0.823. The molecule has 0 aliphatic heterocycles. The SMILES string of the molecule is CCOC1C(=O)CC1Oc1ncn(-c2ccccc2)n1. The van der Waals surface area contributed by atoms with Crippen LogP contribution in [0, 0.1) is 0 Å². The highest BCUT2D eigenvalue weighted by Crippen LogP contribution is 2.24. The number of hydrogen-bond donors (Lipinski definition) is 0. The second-order valence-electron chi connectivity index (χ2n) is 4.51. The van der Waals surface area contributed by atoms with Crippen LogP contribution in [-0.4, -0.2) is 39.4 Å². The molecule has 1 aromatic carbocycles. The highest BCUT2D eigenvalue weighted by Gasteiger charge is 2.43. The molecule has 1 aromatic heterocycles. The molecule has 0 spiro atoms. The molecule has 3 rings (SSSR count). The number of ether oxygens (including phenoxy) is 2. The van der Waals surface area contributed by atoms with Gasteiger partial charge >= 0.3 is 6.01 Å². The Kier molecular flexibility index (Phi) is 3.47. The van der Waals surface area contributed by atoms with Crippen LogP contribution in [0.5, 0.6) is 6.01 Å². The lowest BCUT2D eigenvalue weighted by Gasteiger charge is -2.33. The zero-order chi connectivity index (χ0) is 13.9. The van der Waals surface area contributed by atoms with E-state index in [1.54, 1.807) is 11.0 Å². The van der Waals surface area contributed by atoms with Gasteiger partial charge in [-0.15, -0.1) is 5.10 Å². The summed E-state index contributed by atoms with van der Waals surface area (Å²) in [5.74, 6) is 0.0688. The van der Waals surface area contributed by atoms with Crippen LogP contribution in [-0.2, 0) is 9.53 Å². The highest BCUT2D eigenvalue weighted by atomic mass is 16.6. The second-order valence-corrected chi connectivity index (χ2v) is 4.51. The van der Waals surface area contributed by atoms with Crippen molar-refractivity contribution in [2.75, 3.05) is 6.61 Å². The Morgan fingerprint density at radius 1 is 1.35 bits per heavy atom. The molecule has 104 valence electrons. The first-order valence-electron chi connectivity index (χ1n) is 6.56. The molecule has 2 unspecified atom stereocenters. The molecule has 0 bridgehead atoms. The molecule has 1 aliphatic carbocycles. The number of carbonyl (C=O) groups excluding carboxylic acids is 1. The summed E-state index contributed by atoms with van der Waals surface area (Å²) < 4.78 is 12.6. The number of nitrogens with zero attached hydrogens (tertiary/aromatic N) is 3. The topological polar surface area (TPSA) is 66.2 Å². The lowest BCUT2D eigenvalue weighted by molar-refractivity contribution is -0.154. The molecule has 0 N–H and O–H groups in total. The molecular formula is C14H15N3O3. The van der Waals surface area contributed by atoms with E-state index in [-0.39, 0.29) is 17.9 Å². The van der Waals surface area contributed by atoms with Gasteiger partial charge in [-0.2, -0.15) is 4.98 Å². The Balaban J connectivity index is 1.68. The van der Waals surface area contributed by atoms with Gasteiger partial charge in [0.05, 0.1) is 5.69 Å². The van der Waals surface area contributed by atoms with Crippen LogP contribution in [0.4, 0.5) is 0 Å². The Morgan fingerprint density at radius 2 is 2.15 bits per heavy atom. The smallest absolute Gasteiger partial charge is 0.336 e. The summed E-state index contributed by atoms with van der Waals surface area (Å²) in [7, 11) is 0. The minimum absolute atomic E-state index is 0.0688. The van der Waals surface area contributed by atoms with Gasteiger partial charge < -0.3 is 9.47 Å². The van der Waals surface area contributed by atoms with E-state index in [9.17, 15) is 4.79 Å². The standard InChI is InChI=1S/C14H15N3O3/c1-2-19-13-11(18)8-12(13)20-14-15-9-17(16-14)10-6-4-3-5-7-10/h3-7,9,12-13H,2,8H2,1H3. The molecule has 0 radical (unpaired) electrons. The van der Waals surface area contributed by atoms with Gasteiger partial charge in [-0.1, -0.05) is 18.2 Å². The van der Waals surface area contributed by atoms with Gasteiger partial charge in [0.25, 0.3) is 0 Å². The molecule has 0 saturated heterocycles. The number of para-hydroxylation sites is 1. The van der Waals surface area contributed by atoms with E-state index in [0.717, 1.165) is 5.69 Å². The maximum absolute atomic E-state index is 11.4. The summed E-state index contributed by atoms with van der Waals surface area (Å²) in [6.07, 6.45) is 1.17. The Labute approximate surface area is 116 Å². The summed E-state index contributed by atoms with van der Waals surface area (Å²) >= 11 is 0. The molecule has 1 saturated carbocycles. The van der Waals surface area contributed by atoms with E-state index in [0.29, 0.717) is 13.0 Å². The Bertz CT molecular complexity index is 597. The maximum Gasteiger partial charge on any atom is 0.336 e. The number of hydrogen-bond acceptors (Lipinski definition) is 5. The monoisotopic (exact) mass is 273 g/mol. The van der Waals surface area contributed by atoms with E-state index >= 15 is 0 Å². The molecule has 2 atom stereocenters. The van der Waals surface area contributed by atoms with Crippen molar-refractivity contribution in [2.45, 2.75) is 25.6 Å². The van der Waals surface area contributed by atoms with E-state index in [1.807, 2.05) is 37.3 Å². The van der Waals surface area contributed by atoms with E-state index < -0.39 is 6.10 Å². The molecule has 0 amide bonds. The summed E-state index contributed by atoms with van der Waals surface area (Å²) in [4.78, 5) is 15.5. The van der Waals surface area contributed by atoms with Crippen LogP contribution in [0.15, 0.2) is 36.7 Å². The number of Topliss-reactive ketones (excluding diaryl/α,β-unsaturated/α-hetero) is 1. The number of carbonyl (C=O) groups is 1. The van der Waals surface area contributed by atoms with Crippen LogP contribution in [0.2, 0.25) is 0 Å². The summed E-state index contributed by atoms with van der Waals surface area (Å²) in [6.45, 7) is 2.34. The van der Waals surface area contributed by atoms with Crippen LogP contribution in [0.25, 0.3) is 5.69 Å². The zero-order valence-electron chi connectivity index (χ0n) is 11.1. The molecule has 1 heterocycles. The lowest BCUT2D eigenvalue weighted by Crippen LogP contribution is -2.52. The minimum atomic E-state index is -0.483. The van der Waals surface area contributed by atoms with Crippen molar-refractivity contribution in [1.82, 2.24) is 14.8 Å². The summed E-state index contributed by atoms with van der Waals surface area (Å²) in [5, 5.41) is 4.24. The van der Waals surface area contributed by atoms with Crippen molar-refractivity contribution in [3.05, 3.63) is 36.7 Å². The molecule has 20 heavy (non-hydrogen) atoms.